The average Bonchev–Trinajstić information content (AvgIpc) is 3.19. The van der Waals surface area contributed by atoms with E-state index in [4.69, 9.17) is 14.0 Å². The van der Waals surface area contributed by atoms with Gasteiger partial charge in [-0.3, -0.25) is 4.79 Å². The number of aromatic nitrogens is 2. The van der Waals surface area contributed by atoms with Gasteiger partial charge in [-0.2, -0.15) is 4.98 Å². The van der Waals surface area contributed by atoms with Crippen molar-refractivity contribution in [2.75, 3.05) is 26.3 Å². The molecule has 0 bridgehead atoms. The maximum Gasteiger partial charge on any atom is 0.260 e. The van der Waals surface area contributed by atoms with Gasteiger partial charge in [0.25, 0.3) is 5.91 Å². The number of halogens is 1. The zero-order valence-corrected chi connectivity index (χ0v) is 16.4. The summed E-state index contributed by atoms with van der Waals surface area (Å²) < 4.78 is 29.2. The maximum absolute atomic E-state index is 12.9. The van der Waals surface area contributed by atoms with E-state index >= 15 is 0 Å². The van der Waals surface area contributed by atoms with Crippen molar-refractivity contribution in [1.29, 1.82) is 0 Å². The van der Waals surface area contributed by atoms with E-state index in [1.807, 2.05) is 30.3 Å². The molecular formula is C22H22FN3O4. The molecule has 1 aliphatic heterocycles. The number of amides is 1. The Morgan fingerprint density at radius 1 is 1.13 bits per heavy atom. The lowest BCUT2D eigenvalue weighted by Crippen LogP contribution is -2.50. The molecule has 1 aliphatic rings. The van der Waals surface area contributed by atoms with Crippen molar-refractivity contribution >= 4 is 5.91 Å². The van der Waals surface area contributed by atoms with Gasteiger partial charge in [0.2, 0.25) is 5.89 Å². The van der Waals surface area contributed by atoms with E-state index in [9.17, 15) is 9.18 Å². The van der Waals surface area contributed by atoms with Crippen LogP contribution in [0.25, 0.3) is 0 Å². The minimum absolute atomic E-state index is 0.0336. The van der Waals surface area contributed by atoms with Crippen molar-refractivity contribution < 1.29 is 23.2 Å². The lowest BCUT2D eigenvalue weighted by Gasteiger charge is -2.36. The Kier molecular flexibility index (Phi) is 6.34. The van der Waals surface area contributed by atoms with Crippen molar-refractivity contribution in [2.45, 2.75) is 18.9 Å². The highest BCUT2D eigenvalue weighted by Gasteiger charge is 2.35. The second-order valence-corrected chi connectivity index (χ2v) is 7.08. The van der Waals surface area contributed by atoms with Crippen molar-refractivity contribution in [1.82, 2.24) is 15.0 Å². The first-order valence-corrected chi connectivity index (χ1v) is 9.77. The molecule has 3 aromatic rings. The molecule has 4 rings (SSSR count). The summed E-state index contributed by atoms with van der Waals surface area (Å²) in [4.78, 5) is 18.3. The molecule has 0 saturated carbocycles. The molecule has 30 heavy (non-hydrogen) atoms. The van der Waals surface area contributed by atoms with Crippen LogP contribution in [-0.4, -0.2) is 47.3 Å². The number of nitrogens with zero attached hydrogens (tertiary/aromatic N) is 3. The van der Waals surface area contributed by atoms with Crippen LogP contribution in [0.2, 0.25) is 0 Å². The number of hydrogen-bond donors (Lipinski definition) is 0. The van der Waals surface area contributed by atoms with Gasteiger partial charge >= 0.3 is 0 Å². The van der Waals surface area contributed by atoms with Gasteiger partial charge < -0.3 is 18.9 Å². The van der Waals surface area contributed by atoms with E-state index in [0.29, 0.717) is 50.2 Å². The van der Waals surface area contributed by atoms with Gasteiger partial charge in [0.15, 0.2) is 12.4 Å². The van der Waals surface area contributed by atoms with Crippen LogP contribution in [0.3, 0.4) is 0 Å². The molecule has 0 unspecified atom stereocenters. The van der Waals surface area contributed by atoms with Crippen molar-refractivity contribution in [3.8, 4) is 5.75 Å². The Morgan fingerprint density at radius 2 is 1.90 bits per heavy atom. The molecule has 2 heterocycles. The molecular weight excluding hydrogens is 389 g/mol. The van der Waals surface area contributed by atoms with Gasteiger partial charge in [-0.15, -0.1) is 0 Å². The van der Waals surface area contributed by atoms with E-state index in [1.54, 1.807) is 4.90 Å². The zero-order chi connectivity index (χ0) is 20.8. The minimum atomic E-state index is -0.346. The molecule has 2 aromatic carbocycles. The van der Waals surface area contributed by atoms with Gasteiger partial charge in [0.1, 0.15) is 11.6 Å². The second-order valence-electron chi connectivity index (χ2n) is 7.08. The average molecular weight is 411 g/mol. The SMILES string of the molecule is O=C(COc1ccc(F)cc1)N1CC(c2nc(CCOCc3ccccc3)no2)C1. The molecule has 7 nitrogen and oxygen atoms in total. The number of ether oxygens (including phenoxy) is 2. The Bertz CT molecular complexity index is 956. The van der Waals surface area contributed by atoms with Crippen LogP contribution in [0, 0.1) is 5.82 Å². The third-order valence-electron chi connectivity index (χ3n) is 4.82. The first-order valence-electron chi connectivity index (χ1n) is 9.77. The van der Waals surface area contributed by atoms with Crippen LogP contribution in [-0.2, 0) is 22.6 Å². The van der Waals surface area contributed by atoms with E-state index < -0.39 is 0 Å². The van der Waals surface area contributed by atoms with Crippen LogP contribution in [0.4, 0.5) is 4.39 Å². The Morgan fingerprint density at radius 3 is 2.67 bits per heavy atom. The molecule has 8 heteroatoms. The van der Waals surface area contributed by atoms with Crippen molar-refractivity contribution in [3.63, 3.8) is 0 Å². The van der Waals surface area contributed by atoms with E-state index in [2.05, 4.69) is 10.1 Å². The van der Waals surface area contributed by atoms with E-state index in [-0.39, 0.29) is 24.2 Å². The summed E-state index contributed by atoms with van der Waals surface area (Å²) >= 11 is 0. The standard InChI is InChI=1S/C22H22FN3O4/c23-18-6-8-19(9-7-18)29-15-21(27)26-12-17(13-26)22-24-20(25-30-22)10-11-28-14-16-4-2-1-3-5-16/h1-9,17H,10-15H2. The van der Waals surface area contributed by atoms with Gasteiger partial charge in [-0.05, 0) is 29.8 Å². The summed E-state index contributed by atoms with van der Waals surface area (Å²) in [6, 6.07) is 15.5. The summed E-state index contributed by atoms with van der Waals surface area (Å²) in [5, 5.41) is 3.99. The van der Waals surface area contributed by atoms with Crippen LogP contribution in [0.1, 0.15) is 23.2 Å². The highest BCUT2D eigenvalue weighted by Crippen LogP contribution is 2.26. The smallest absolute Gasteiger partial charge is 0.260 e. The molecule has 1 aromatic heterocycles. The van der Waals surface area contributed by atoms with Gasteiger partial charge in [0.05, 0.1) is 19.1 Å². The topological polar surface area (TPSA) is 77.7 Å². The number of carbonyl (C=O) groups excluding carboxylic acids is 1. The van der Waals surface area contributed by atoms with E-state index in [0.717, 1.165) is 5.56 Å². The Labute approximate surface area is 173 Å². The molecule has 0 aliphatic carbocycles. The number of rotatable bonds is 9. The molecule has 1 amide bonds. The molecule has 0 N–H and O–H groups in total. The van der Waals surface area contributed by atoms with Crippen LogP contribution >= 0.6 is 0 Å². The van der Waals surface area contributed by atoms with Crippen LogP contribution < -0.4 is 4.74 Å². The molecule has 0 radical (unpaired) electrons. The van der Waals surface area contributed by atoms with Crippen molar-refractivity contribution in [2.24, 2.45) is 0 Å². The highest BCUT2D eigenvalue weighted by molar-refractivity contribution is 5.78. The second kappa shape index (κ2) is 9.49. The van der Waals surface area contributed by atoms with Crippen LogP contribution in [0.15, 0.2) is 59.1 Å². The zero-order valence-electron chi connectivity index (χ0n) is 16.4. The molecule has 0 spiro atoms. The normalized spacial score (nSPS) is 13.8. The molecule has 156 valence electrons. The number of benzene rings is 2. The lowest BCUT2D eigenvalue weighted by atomic mass is 10.0. The summed E-state index contributed by atoms with van der Waals surface area (Å²) in [6.45, 7) is 1.98. The van der Waals surface area contributed by atoms with Gasteiger partial charge in [0, 0.05) is 19.5 Å². The van der Waals surface area contributed by atoms with Gasteiger partial charge in [-0.1, -0.05) is 35.5 Å². The monoisotopic (exact) mass is 411 g/mol. The summed E-state index contributed by atoms with van der Waals surface area (Å²) in [6.07, 6.45) is 0.567. The lowest BCUT2D eigenvalue weighted by molar-refractivity contribution is -0.138. The van der Waals surface area contributed by atoms with Gasteiger partial charge in [-0.25, -0.2) is 4.39 Å². The predicted molar refractivity (Wildman–Crippen MR) is 105 cm³/mol. The summed E-state index contributed by atoms with van der Waals surface area (Å²) in [5.41, 5.74) is 1.12. The fourth-order valence-corrected chi connectivity index (χ4v) is 3.07. The minimum Gasteiger partial charge on any atom is -0.484 e. The number of hydrogen-bond acceptors (Lipinski definition) is 6. The van der Waals surface area contributed by atoms with Crippen LogP contribution in [0.5, 0.6) is 5.75 Å². The first-order chi connectivity index (χ1) is 14.7. The number of carbonyl (C=O) groups is 1. The molecule has 1 saturated heterocycles. The third kappa shape index (κ3) is 5.21. The number of likely N-dealkylation sites (tertiary alicyclic amines) is 1. The summed E-state index contributed by atoms with van der Waals surface area (Å²) in [7, 11) is 0. The maximum atomic E-state index is 12.9. The Hall–Kier alpha value is -3.26. The first kappa shape index (κ1) is 20.0. The van der Waals surface area contributed by atoms with Crippen molar-refractivity contribution in [3.05, 3.63) is 77.7 Å². The fourth-order valence-electron chi connectivity index (χ4n) is 3.07. The Balaban J connectivity index is 1.15. The predicted octanol–water partition coefficient (Wildman–Crippen LogP) is 2.97. The molecule has 0 atom stereocenters. The largest absolute Gasteiger partial charge is 0.484 e. The van der Waals surface area contributed by atoms with E-state index in [1.165, 1.54) is 24.3 Å². The quantitative estimate of drug-likeness (QED) is 0.504. The molecule has 1 fully saturated rings. The third-order valence-corrected chi connectivity index (χ3v) is 4.82. The fraction of sp³-hybridized carbons (Fsp3) is 0.318. The summed E-state index contributed by atoms with van der Waals surface area (Å²) in [5.74, 6) is 1.15. The highest BCUT2D eigenvalue weighted by atomic mass is 19.1.